The van der Waals surface area contributed by atoms with Crippen LogP contribution in [-0.4, -0.2) is 4.98 Å². The fourth-order valence-electron chi connectivity index (χ4n) is 2.98. The van der Waals surface area contributed by atoms with Gasteiger partial charge in [-0.1, -0.05) is 25.8 Å². The summed E-state index contributed by atoms with van der Waals surface area (Å²) in [5, 5.41) is 0. The van der Waals surface area contributed by atoms with E-state index in [9.17, 15) is 0 Å². The Morgan fingerprint density at radius 3 is 2.88 bits per heavy atom. The third-order valence-corrected chi connectivity index (χ3v) is 3.86. The number of hydrogen-bond donors (Lipinski definition) is 2. The summed E-state index contributed by atoms with van der Waals surface area (Å²) in [7, 11) is 0. The van der Waals surface area contributed by atoms with Crippen molar-refractivity contribution in [1.82, 2.24) is 10.4 Å². The van der Waals surface area contributed by atoms with Crippen molar-refractivity contribution in [2.24, 2.45) is 17.7 Å². The lowest BCUT2D eigenvalue weighted by Crippen LogP contribution is -2.36. The van der Waals surface area contributed by atoms with Gasteiger partial charge in [0, 0.05) is 5.69 Å². The third-order valence-electron chi connectivity index (χ3n) is 3.86. The maximum Gasteiger partial charge on any atom is 0.0660 e. The van der Waals surface area contributed by atoms with Gasteiger partial charge < -0.3 is 0 Å². The molecule has 3 unspecified atom stereocenters. The first-order valence-corrected chi connectivity index (χ1v) is 6.60. The van der Waals surface area contributed by atoms with Gasteiger partial charge in [0.05, 0.1) is 11.7 Å². The Morgan fingerprint density at radius 2 is 2.24 bits per heavy atom. The van der Waals surface area contributed by atoms with E-state index in [1.165, 1.54) is 25.7 Å². The Bertz CT molecular complexity index is 364. The monoisotopic (exact) mass is 233 g/mol. The average Bonchev–Trinajstić information content (AvgIpc) is 2.30. The van der Waals surface area contributed by atoms with Crippen LogP contribution in [0.5, 0.6) is 0 Å². The lowest BCUT2D eigenvalue weighted by molar-refractivity contribution is 0.222. The van der Waals surface area contributed by atoms with Crippen molar-refractivity contribution >= 4 is 0 Å². The second-order valence-electron chi connectivity index (χ2n) is 5.38. The standard InChI is InChI=1S/C14H23N3/c1-10-5-3-7-12(9-10)14(17-15)13-8-4-6-11(2)16-13/h4,6,8,10,12,14,17H,3,5,7,9,15H2,1-2H3. The van der Waals surface area contributed by atoms with Crippen LogP contribution in [-0.2, 0) is 0 Å². The van der Waals surface area contributed by atoms with Gasteiger partial charge in [-0.3, -0.25) is 16.3 Å². The van der Waals surface area contributed by atoms with Crippen molar-refractivity contribution in [3.63, 3.8) is 0 Å². The first kappa shape index (κ1) is 12.5. The molecule has 1 saturated carbocycles. The minimum Gasteiger partial charge on any atom is -0.271 e. The largest absolute Gasteiger partial charge is 0.271 e. The zero-order chi connectivity index (χ0) is 12.3. The van der Waals surface area contributed by atoms with Crippen molar-refractivity contribution in [2.75, 3.05) is 0 Å². The van der Waals surface area contributed by atoms with Crippen LogP contribution in [0.2, 0.25) is 0 Å². The molecule has 1 aliphatic carbocycles. The number of hydrogen-bond acceptors (Lipinski definition) is 3. The molecule has 1 aliphatic rings. The van der Waals surface area contributed by atoms with E-state index in [0.717, 1.165) is 17.3 Å². The summed E-state index contributed by atoms with van der Waals surface area (Å²) in [5.74, 6) is 7.18. The molecule has 3 nitrogen and oxygen atoms in total. The van der Waals surface area contributed by atoms with E-state index in [2.05, 4.69) is 29.5 Å². The Kier molecular flexibility index (Phi) is 4.13. The highest BCUT2D eigenvalue weighted by molar-refractivity contribution is 5.14. The number of aryl methyl sites for hydroxylation is 1. The number of aromatic nitrogens is 1. The molecule has 0 amide bonds. The van der Waals surface area contributed by atoms with Gasteiger partial charge in [0.1, 0.15) is 0 Å². The minimum absolute atomic E-state index is 0.206. The van der Waals surface area contributed by atoms with Crippen LogP contribution in [0.25, 0.3) is 0 Å². The summed E-state index contributed by atoms with van der Waals surface area (Å²) in [4.78, 5) is 4.60. The van der Waals surface area contributed by atoms with E-state index in [-0.39, 0.29) is 6.04 Å². The molecule has 1 heterocycles. The molecule has 0 bridgehead atoms. The molecule has 0 aromatic carbocycles. The molecular weight excluding hydrogens is 210 g/mol. The summed E-state index contributed by atoms with van der Waals surface area (Å²) in [6.07, 6.45) is 5.18. The zero-order valence-corrected chi connectivity index (χ0v) is 10.8. The fraction of sp³-hybridized carbons (Fsp3) is 0.643. The Balaban J connectivity index is 2.15. The molecule has 3 heteroatoms. The third kappa shape index (κ3) is 3.05. The number of rotatable bonds is 3. The van der Waals surface area contributed by atoms with Crippen LogP contribution >= 0.6 is 0 Å². The molecule has 0 saturated heterocycles. The van der Waals surface area contributed by atoms with Crippen molar-refractivity contribution in [1.29, 1.82) is 0 Å². The van der Waals surface area contributed by atoms with Crippen molar-refractivity contribution in [3.05, 3.63) is 29.6 Å². The highest BCUT2D eigenvalue weighted by Crippen LogP contribution is 2.36. The summed E-state index contributed by atoms with van der Waals surface area (Å²) >= 11 is 0. The van der Waals surface area contributed by atoms with Crippen molar-refractivity contribution in [2.45, 2.75) is 45.6 Å². The van der Waals surface area contributed by atoms with E-state index < -0.39 is 0 Å². The molecule has 2 rings (SSSR count). The van der Waals surface area contributed by atoms with Crippen LogP contribution in [0.15, 0.2) is 18.2 Å². The molecule has 1 aromatic rings. The van der Waals surface area contributed by atoms with Crippen LogP contribution in [0.1, 0.15) is 50.0 Å². The second kappa shape index (κ2) is 5.61. The van der Waals surface area contributed by atoms with Crippen molar-refractivity contribution in [3.8, 4) is 0 Å². The highest BCUT2D eigenvalue weighted by atomic mass is 15.2. The van der Waals surface area contributed by atoms with Gasteiger partial charge in [-0.15, -0.1) is 0 Å². The predicted molar refractivity (Wildman–Crippen MR) is 70.2 cm³/mol. The van der Waals surface area contributed by atoms with Gasteiger partial charge in [0.2, 0.25) is 0 Å². The molecule has 1 fully saturated rings. The molecule has 3 atom stereocenters. The number of nitrogens with zero attached hydrogens (tertiary/aromatic N) is 1. The minimum atomic E-state index is 0.206. The lowest BCUT2D eigenvalue weighted by Gasteiger charge is -2.32. The number of nitrogens with one attached hydrogen (secondary N) is 1. The van der Waals surface area contributed by atoms with Crippen LogP contribution in [0, 0.1) is 18.8 Å². The van der Waals surface area contributed by atoms with Crippen LogP contribution < -0.4 is 11.3 Å². The number of hydrazine groups is 1. The molecule has 1 aromatic heterocycles. The Labute approximate surface area is 104 Å². The molecule has 94 valence electrons. The zero-order valence-electron chi connectivity index (χ0n) is 10.8. The maximum atomic E-state index is 5.74. The average molecular weight is 233 g/mol. The molecule has 0 spiro atoms. The van der Waals surface area contributed by atoms with Crippen molar-refractivity contribution < 1.29 is 0 Å². The van der Waals surface area contributed by atoms with Crippen LogP contribution in [0.3, 0.4) is 0 Å². The normalized spacial score (nSPS) is 26.8. The van der Waals surface area contributed by atoms with E-state index in [4.69, 9.17) is 5.84 Å². The smallest absolute Gasteiger partial charge is 0.0660 e. The highest BCUT2D eigenvalue weighted by Gasteiger charge is 2.27. The first-order valence-electron chi connectivity index (χ1n) is 6.60. The Hall–Kier alpha value is -0.930. The topological polar surface area (TPSA) is 50.9 Å². The number of nitrogens with two attached hydrogens (primary N) is 1. The Morgan fingerprint density at radius 1 is 1.41 bits per heavy atom. The van der Waals surface area contributed by atoms with Gasteiger partial charge in [0.25, 0.3) is 0 Å². The van der Waals surface area contributed by atoms with Gasteiger partial charge >= 0.3 is 0 Å². The summed E-state index contributed by atoms with van der Waals surface area (Å²) < 4.78 is 0. The van der Waals surface area contributed by atoms with E-state index in [0.29, 0.717) is 5.92 Å². The van der Waals surface area contributed by atoms with Crippen LogP contribution in [0.4, 0.5) is 0 Å². The van der Waals surface area contributed by atoms with E-state index >= 15 is 0 Å². The van der Waals surface area contributed by atoms with E-state index in [1.54, 1.807) is 0 Å². The SMILES string of the molecule is Cc1cccc(C(NN)C2CCCC(C)C2)n1. The summed E-state index contributed by atoms with van der Waals surface area (Å²) in [6, 6.07) is 6.38. The summed E-state index contributed by atoms with van der Waals surface area (Å²) in [6.45, 7) is 4.37. The molecule has 0 radical (unpaired) electrons. The first-order chi connectivity index (χ1) is 8.20. The second-order valence-corrected chi connectivity index (χ2v) is 5.38. The van der Waals surface area contributed by atoms with Gasteiger partial charge in [-0.05, 0) is 43.7 Å². The van der Waals surface area contributed by atoms with Gasteiger partial charge in [-0.2, -0.15) is 0 Å². The fourth-order valence-corrected chi connectivity index (χ4v) is 2.98. The molecule has 17 heavy (non-hydrogen) atoms. The quantitative estimate of drug-likeness (QED) is 0.623. The molecular formula is C14H23N3. The predicted octanol–water partition coefficient (Wildman–Crippen LogP) is 2.72. The maximum absolute atomic E-state index is 5.74. The van der Waals surface area contributed by atoms with E-state index in [1.807, 2.05) is 13.0 Å². The van der Waals surface area contributed by atoms with Gasteiger partial charge in [0.15, 0.2) is 0 Å². The lowest BCUT2D eigenvalue weighted by atomic mass is 9.78. The number of pyridine rings is 1. The van der Waals surface area contributed by atoms with Gasteiger partial charge in [-0.25, -0.2) is 0 Å². The molecule has 3 N–H and O–H groups in total. The summed E-state index contributed by atoms with van der Waals surface area (Å²) in [5.41, 5.74) is 5.12. The molecule has 0 aliphatic heterocycles.